The van der Waals surface area contributed by atoms with Gasteiger partial charge in [-0.15, -0.1) is 0 Å². The molecule has 1 rings (SSSR count). The molecule has 7 heteroatoms. The Bertz CT molecular complexity index is 376. The molecule has 1 atom stereocenters. The molecule has 1 unspecified atom stereocenters. The van der Waals surface area contributed by atoms with E-state index in [4.69, 9.17) is 0 Å². The van der Waals surface area contributed by atoms with Gasteiger partial charge in [-0.05, 0) is 19.5 Å². The SMILES string of the molecule is CNCC1(C)C=C(C(F)(F)F)C=C(C(F)(F)F)C1. The van der Waals surface area contributed by atoms with Gasteiger partial charge in [0.2, 0.25) is 0 Å². The topological polar surface area (TPSA) is 12.0 Å². The van der Waals surface area contributed by atoms with Gasteiger partial charge in [0, 0.05) is 17.5 Å². The lowest BCUT2D eigenvalue weighted by molar-refractivity contribution is -0.102. The van der Waals surface area contributed by atoms with Crippen molar-refractivity contribution in [3.05, 3.63) is 23.3 Å². The van der Waals surface area contributed by atoms with E-state index in [0.717, 1.165) is 6.08 Å². The fraction of sp³-hybridized carbons (Fsp3) is 0.636. The normalized spacial score (nSPS) is 25.8. The molecule has 0 saturated carbocycles. The van der Waals surface area contributed by atoms with Crippen LogP contribution in [0.4, 0.5) is 26.3 Å². The number of halogens is 6. The number of hydrogen-bond donors (Lipinski definition) is 1. The molecule has 0 saturated heterocycles. The Morgan fingerprint density at radius 3 is 2.11 bits per heavy atom. The number of nitrogens with one attached hydrogen (secondary N) is 1. The Balaban J connectivity index is 3.20. The molecule has 0 bridgehead atoms. The first-order valence-electron chi connectivity index (χ1n) is 5.20. The molecular formula is C11H13F6N. The van der Waals surface area contributed by atoms with Gasteiger partial charge >= 0.3 is 12.4 Å². The first-order valence-corrected chi connectivity index (χ1v) is 5.20. The Hall–Kier alpha value is -0.980. The summed E-state index contributed by atoms with van der Waals surface area (Å²) in [6.07, 6.45) is -8.92. The van der Waals surface area contributed by atoms with Crippen LogP contribution in [0, 0.1) is 5.41 Å². The van der Waals surface area contributed by atoms with Crippen LogP contribution in [0.5, 0.6) is 0 Å². The standard InChI is InChI=1S/C11H13F6N/c1-9(6-18-2)4-7(10(12,13)14)3-8(5-9)11(15,16)17/h3-4,18H,5-6H2,1-2H3. The minimum atomic E-state index is -4.77. The third-order valence-corrected chi connectivity index (χ3v) is 2.70. The second-order valence-corrected chi connectivity index (χ2v) is 4.63. The van der Waals surface area contributed by atoms with Crippen molar-refractivity contribution in [3.8, 4) is 0 Å². The van der Waals surface area contributed by atoms with E-state index >= 15 is 0 Å². The second-order valence-electron chi connectivity index (χ2n) is 4.63. The monoisotopic (exact) mass is 273 g/mol. The summed E-state index contributed by atoms with van der Waals surface area (Å²) in [4.78, 5) is 0. The molecule has 0 aromatic heterocycles. The summed E-state index contributed by atoms with van der Waals surface area (Å²) in [6, 6.07) is 0. The van der Waals surface area contributed by atoms with Gasteiger partial charge in [-0.25, -0.2) is 0 Å². The molecule has 1 aliphatic carbocycles. The van der Waals surface area contributed by atoms with Crippen LogP contribution in [0.2, 0.25) is 0 Å². The number of alkyl halides is 6. The summed E-state index contributed by atoms with van der Waals surface area (Å²) in [5.41, 5.74) is -3.58. The minimum absolute atomic E-state index is 0.0417. The van der Waals surface area contributed by atoms with E-state index in [-0.39, 0.29) is 12.6 Å². The summed E-state index contributed by atoms with van der Waals surface area (Å²) in [7, 11) is 1.48. The summed E-state index contributed by atoms with van der Waals surface area (Å²) in [6.45, 7) is 1.41. The molecule has 0 aromatic carbocycles. The van der Waals surface area contributed by atoms with Crippen molar-refractivity contribution < 1.29 is 26.3 Å². The molecule has 0 amide bonds. The average molecular weight is 273 g/mol. The first kappa shape index (κ1) is 15.1. The Kier molecular flexibility index (Phi) is 3.86. The average Bonchev–Trinajstić information content (AvgIpc) is 2.13. The van der Waals surface area contributed by atoms with E-state index in [2.05, 4.69) is 5.32 Å². The maximum atomic E-state index is 12.6. The van der Waals surface area contributed by atoms with Gasteiger partial charge in [0.1, 0.15) is 0 Å². The molecule has 104 valence electrons. The molecule has 18 heavy (non-hydrogen) atoms. The van der Waals surface area contributed by atoms with Gasteiger partial charge in [0.15, 0.2) is 0 Å². The molecule has 0 radical (unpaired) electrons. The predicted octanol–water partition coefficient (Wildman–Crippen LogP) is 3.59. The van der Waals surface area contributed by atoms with Gasteiger partial charge < -0.3 is 5.32 Å². The molecule has 0 aromatic rings. The Morgan fingerprint density at radius 1 is 1.17 bits per heavy atom. The molecule has 0 spiro atoms. The zero-order chi connectivity index (χ0) is 14.2. The van der Waals surface area contributed by atoms with Gasteiger partial charge in [-0.1, -0.05) is 13.0 Å². The molecule has 1 aliphatic rings. The molecule has 0 aliphatic heterocycles. The van der Waals surface area contributed by atoms with Crippen LogP contribution < -0.4 is 5.32 Å². The highest BCUT2D eigenvalue weighted by molar-refractivity contribution is 5.37. The smallest absolute Gasteiger partial charge is 0.319 e. The zero-order valence-corrected chi connectivity index (χ0v) is 9.84. The lowest BCUT2D eigenvalue weighted by Gasteiger charge is -2.32. The fourth-order valence-corrected chi connectivity index (χ4v) is 2.01. The summed E-state index contributed by atoms with van der Waals surface area (Å²) in [5.74, 6) is 0. The van der Waals surface area contributed by atoms with Crippen molar-refractivity contribution in [2.45, 2.75) is 25.7 Å². The maximum Gasteiger partial charge on any atom is 0.416 e. The van der Waals surface area contributed by atoms with Crippen molar-refractivity contribution in [2.75, 3.05) is 13.6 Å². The third kappa shape index (κ3) is 3.51. The number of allylic oxidation sites excluding steroid dienone is 3. The summed E-state index contributed by atoms with van der Waals surface area (Å²) < 4.78 is 75.6. The van der Waals surface area contributed by atoms with E-state index < -0.39 is 35.3 Å². The highest BCUT2D eigenvalue weighted by Gasteiger charge is 2.44. The predicted molar refractivity (Wildman–Crippen MR) is 54.9 cm³/mol. The van der Waals surface area contributed by atoms with Gasteiger partial charge in [0.25, 0.3) is 0 Å². The fourth-order valence-electron chi connectivity index (χ4n) is 2.01. The van der Waals surface area contributed by atoms with Gasteiger partial charge in [-0.2, -0.15) is 26.3 Å². The van der Waals surface area contributed by atoms with Crippen LogP contribution in [0.3, 0.4) is 0 Å². The van der Waals surface area contributed by atoms with Crippen molar-refractivity contribution in [1.82, 2.24) is 5.32 Å². The second kappa shape index (κ2) is 4.60. The highest BCUT2D eigenvalue weighted by Crippen LogP contribution is 2.44. The Labute approximate surface area is 101 Å². The van der Waals surface area contributed by atoms with E-state index in [1.54, 1.807) is 0 Å². The molecule has 1 N–H and O–H groups in total. The van der Waals surface area contributed by atoms with E-state index in [1.165, 1.54) is 14.0 Å². The lowest BCUT2D eigenvalue weighted by Crippen LogP contribution is -2.34. The lowest BCUT2D eigenvalue weighted by atomic mass is 9.77. The summed E-state index contributed by atoms with van der Waals surface area (Å²) in [5, 5.41) is 2.62. The molecular weight excluding hydrogens is 260 g/mol. The van der Waals surface area contributed by atoms with Gasteiger partial charge in [-0.3, -0.25) is 0 Å². The zero-order valence-electron chi connectivity index (χ0n) is 9.84. The van der Waals surface area contributed by atoms with Crippen molar-refractivity contribution in [3.63, 3.8) is 0 Å². The van der Waals surface area contributed by atoms with Crippen LogP contribution in [-0.2, 0) is 0 Å². The van der Waals surface area contributed by atoms with Crippen molar-refractivity contribution in [2.24, 2.45) is 5.41 Å². The largest absolute Gasteiger partial charge is 0.416 e. The maximum absolute atomic E-state index is 12.6. The molecule has 1 nitrogen and oxygen atoms in total. The van der Waals surface area contributed by atoms with Crippen molar-refractivity contribution in [1.29, 1.82) is 0 Å². The summed E-state index contributed by atoms with van der Waals surface area (Å²) >= 11 is 0. The molecule has 0 fully saturated rings. The van der Waals surface area contributed by atoms with Gasteiger partial charge in [0.05, 0.1) is 5.57 Å². The third-order valence-electron chi connectivity index (χ3n) is 2.70. The van der Waals surface area contributed by atoms with Crippen LogP contribution >= 0.6 is 0 Å². The Morgan fingerprint density at radius 2 is 1.72 bits per heavy atom. The van der Waals surface area contributed by atoms with E-state index in [9.17, 15) is 26.3 Å². The minimum Gasteiger partial charge on any atom is -0.319 e. The van der Waals surface area contributed by atoms with E-state index in [1.807, 2.05) is 0 Å². The van der Waals surface area contributed by atoms with Crippen LogP contribution in [0.25, 0.3) is 0 Å². The molecule has 0 heterocycles. The van der Waals surface area contributed by atoms with Crippen LogP contribution in [-0.4, -0.2) is 25.9 Å². The number of rotatable bonds is 2. The van der Waals surface area contributed by atoms with E-state index in [0.29, 0.717) is 0 Å². The van der Waals surface area contributed by atoms with Crippen molar-refractivity contribution >= 4 is 0 Å². The van der Waals surface area contributed by atoms with Crippen LogP contribution in [0.1, 0.15) is 13.3 Å². The first-order chi connectivity index (χ1) is 7.98. The highest BCUT2D eigenvalue weighted by atomic mass is 19.4. The van der Waals surface area contributed by atoms with Crippen LogP contribution in [0.15, 0.2) is 23.3 Å². The quantitative estimate of drug-likeness (QED) is 0.758. The number of hydrogen-bond acceptors (Lipinski definition) is 1.